The zero-order valence-electron chi connectivity index (χ0n) is 23.8. The van der Waals surface area contributed by atoms with Gasteiger partial charge >= 0.3 is 0 Å². The molecule has 2 N–H and O–H groups in total. The minimum Gasteiger partial charge on any atom is -0.373 e. The maximum absolute atomic E-state index is 4.03. The van der Waals surface area contributed by atoms with Gasteiger partial charge in [-0.15, -0.1) is 11.3 Å². The van der Waals surface area contributed by atoms with E-state index in [0.29, 0.717) is 0 Å². The lowest BCUT2D eigenvalue weighted by Crippen LogP contribution is -2.34. The number of rotatable bonds is 2. The van der Waals surface area contributed by atoms with Gasteiger partial charge in [0.05, 0.1) is 33.1 Å². The molecular formula is C40H27N3S. The van der Waals surface area contributed by atoms with Crippen molar-refractivity contribution < 1.29 is 0 Å². The van der Waals surface area contributed by atoms with Gasteiger partial charge in [0.25, 0.3) is 0 Å². The van der Waals surface area contributed by atoms with Crippen molar-refractivity contribution in [1.29, 1.82) is 0 Å². The highest BCUT2D eigenvalue weighted by atomic mass is 32.1. The topological polar surface area (TPSA) is 29.0 Å². The lowest BCUT2D eigenvalue weighted by atomic mass is 9.97. The number of nitrogens with one attached hydrogen (secondary N) is 2. The molecule has 4 heteroatoms. The molecule has 0 fully saturated rings. The van der Waals surface area contributed by atoms with E-state index >= 15 is 0 Å². The van der Waals surface area contributed by atoms with E-state index in [1.54, 1.807) is 0 Å². The Hall–Kier alpha value is -5.32. The predicted molar refractivity (Wildman–Crippen MR) is 189 cm³/mol. The fourth-order valence-electron chi connectivity index (χ4n) is 7.62. The number of hydrogen-bond donors (Lipinski definition) is 2. The molecule has 3 heterocycles. The summed E-state index contributed by atoms with van der Waals surface area (Å²) in [6.45, 7) is 0. The van der Waals surface area contributed by atoms with E-state index in [-0.39, 0.29) is 12.2 Å². The molecule has 0 spiro atoms. The van der Waals surface area contributed by atoms with Crippen LogP contribution in [0.1, 0.15) is 17.8 Å². The van der Waals surface area contributed by atoms with Crippen LogP contribution < -0.4 is 10.6 Å². The Bertz CT molecular complexity index is 2580. The van der Waals surface area contributed by atoms with E-state index in [9.17, 15) is 0 Å². The standard InChI is InChI=1S/C40H27N3S/c1-2-13-25(14-3-1)37-40(42-31-20-10-9-19-30(31)41-37)43-32-23-22-24-12-4-5-15-26(24)35(32)36-28-17-7-6-16-27(28)34-29-18-8-11-21-33(29)44-39(34)38(36)43/h1-23,37,40-42H. The first kappa shape index (κ1) is 24.2. The quantitative estimate of drug-likeness (QED) is 0.213. The third kappa shape index (κ3) is 3.26. The zero-order valence-corrected chi connectivity index (χ0v) is 24.6. The van der Waals surface area contributed by atoms with E-state index in [1.165, 1.54) is 69.1 Å². The Kier molecular flexibility index (Phi) is 4.99. The van der Waals surface area contributed by atoms with E-state index < -0.39 is 0 Å². The molecule has 0 saturated heterocycles. The second-order valence-electron chi connectivity index (χ2n) is 11.8. The molecule has 0 amide bonds. The largest absolute Gasteiger partial charge is 0.373 e. The smallest absolute Gasteiger partial charge is 0.129 e. The number of anilines is 2. The normalized spacial score (nSPS) is 16.5. The number of nitrogens with zero attached hydrogens (tertiary/aromatic N) is 1. The highest BCUT2D eigenvalue weighted by Crippen LogP contribution is 2.51. The molecule has 3 nitrogen and oxygen atoms in total. The number of para-hydroxylation sites is 2. The van der Waals surface area contributed by atoms with Crippen molar-refractivity contribution in [2.45, 2.75) is 12.2 Å². The maximum Gasteiger partial charge on any atom is 0.129 e. The van der Waals surface area contributed by atoms with Gasteiger partial charge in [-0.3, -0.25) is 0 Å². The summed E-state index contributed by atoms with van der Waals surface area (Å²) in [6, 6.07) is 50.9. The average Bonchev–Trinajstić information content (AvgIpc) is 3.65. The zero-order chi connectivity index (χ0) is 28.8. The molecule has 0 aliphatic carbocycles. The lowest BCUT2D eigenvalue weighted by molar-refractivity contribution is 0.507. The maximum atomic E-state index is 4.03. The SMILES string of the molecule is c1ccc(C2Nc3ccccc3NC2n2c3ccc4ccccc4c3c3c4ccccc4c4c5ccccc5sc4c32)cc1. The molecular weight excluding hydrogens is 555 g/mol. The Balaban J connectivity index is 1.44. The highest BCUT2D eigenvalue weighted by molar-refractivity contribution is 7.27. The van der Waals surface area contributed by atoms with Gasteiger partial charge in [0.1, 0.15) is 6.17 Å². The van der Waals surface area contributed by atoms with Crippen LogP contribution in [-0.2, 0) is 0 Å². The Labute approximate surface area is 258 Å². The van der Waals surface area contributed by atoms with Gasteiger partial charge in [-0.1, -0.05) is 115 Å². The molecule has 0 bridgehead atoms. The van der Waals surface area contributed by atoms with Gasteiger partial charge in [-0.25, -0.2) is 0 Å². The van der Waals surface area contributed by atoms with Gasteiger partial charge in [0.2, 0.25) is 0 Å². The number of benzene rings is 7. The molecule has 208 valence electrons. The first-order chi connectivity index (χ1) is 21.8. The van der Waals surface area contributed by atoms with Gasteiger partial charge in [0.15, 0.2) is 0 Å². The van der Waals surface area contributed by atoms with Crippen LogP contribution in [0.15, 0.2) is 140 Å². The summed E-state index contributed by atoms with van der Waals surface area (Å²) in [4.78, 5) is 0. The third-order valence-corrected chi connectivity index (χ3v) is 10.6. The van der Waals surface area contributed by atoms with Crippen molar-refractivity contribution in [2.24, 2.45) is 0 Å². The second-order valence-corrected chi connectivity index (χ2v) is 12.8. The third-order valence-electron chi connectivity index (χ3n) is 9.46. The van der Waals surface area contributed by atoms with Crippen molar-refractivity contribution in [3.8, 4) is 0 Å². The van der Waals surface area contributed by atoms with Crippen molar-refractivity contribution in [3.63, 3.8) is 0 Å². The Morgan fingerprint density at radius 3 is 1.95 bits per heavy atom. The van der Waals surface area contributed by atoms with E-state index in [1.807, 2.05) is 11.3 Å². The molecule has 0 saturated carbocycles. The number of hydrogen-bond acceptors (Lipinski definition) is 3. The summed E-state index contributed by atoms with van der Waals surface area (Å²) in [7, 11) is 0. The monoisotopic (exact) mass is 581 g/mol. The number of thiophene rings is 1. The van der Waals surface area contributed by atoms with Crippen LogP contribution >= 0.6 is 11.3 Å². The number of fused-ring (bicyclic) bond motifs is 13. The van der Waals surface area contributed by atoms with Crippen LogP contribution in [0.2, 0.25) is 0 Å². The summed E-state index contributed by atoms with van der Waals surface area (Å²) < 4.78 is 5.27. The molecule has 2 unspecified atom stereocenters. The van der Waals surface area contributed by atoms with Crippen molar-refractivity contribution in [3.05, 3.63) is 145 Å². The Morgan fingerprint density at radius 1 is 0.500 bits per heavy atom. The second kappa shape index (κ2) is 9.09. The van der Waals surface area contributed by atoms with E-state index in [0.717, 1.165) is 11.4 Å². The van der Waals surface area contributed by atoms with Gasteiger partial charge in [0, 0.05) is 26.2 Å². The van der Waals surface area contributed by atoms with Crippen molar-refractivity contribution in [1.82, 2.24) is 4.57 Å². The van der Waals surface area contributed by atoms with Gasteiger partial charge in [-0.05, 0) is 51.4 Å². The molecule has 1 aliphatic heterocycles. The molecule has 7 aromatic carbocycles. The Morgan fingerprint density at radius 2 is 1.14 bits per heavy atom. The first-order valence-corrected chi connectivity index (χ1v) is 16.0. The van der Waals surface area contributed by atoms with Crippen LogP contribution in [0.5, 0.6) is 0 Å². The molecule has 2 atom stereocenters. The van der Waals surface area contributed by atoms with E-state index in [2.05, 4.69) is 155 Å². The summed E-state index contributed by atoms with van der Waals surface area (Å²) >= 11 is 1.92. The summed E-state index contributed by atoms with van der Waals surface area (Å²) in [6.07, 6.45) is -0.0805. The van der Waals surface area contributed by atoms with E-state index in [4.69, 9.17) is 0 Å². The molecule has 0 radical (unpaired) electrons. The summed E-state index contributed by atoms with van der Waals surface area (Å²) in [5.74, 6) is 0. The average molecular weight is 582 g/mol. The molecule has 2 aromatic heterocycles. The van der Waals surface area contributed by atoms with Gasteiger partial charge < -0.3 is 15.2 Å². The highest BCUT2D eigenvalue weighted by Gasteiger charge is 2.34. The molecule has 9 aromatic rings. The fourth-order valence-corrected chi connectivity index (χ4v) is 8.88. The van der Waals surface area contributed by atoms with Gasteiger partial charge in [-0.2, -0.15) is 0 Å². The molecule has 10 rings (SSSR count). The summed E-state index contributed by atoms with van der Waals surface area (Å²) in [5, 5.41) is 18.5. The summed E-state index contributed by atoms with van der Waals surface area (Å²) in [5.41, 5.74) is 6.04. The molecule has 44 heavy (non-hydrogen) atoms. The van der Waals surface area contributed by atoms with Crippen LogP contribution in [-0.4, -0.2) is 4.57 Å². The minimum atomic E-state index is -0.0805. The van der Waals surface area contributed by atoms with Crippen LogP contribution in [0, 0.1) is 0 Å². The van der Waals surface area contributed by atoms with Crippen LogP contribution in [0.25, 0.3) is 63.5 Å². The molecule has 1 aliphatic rings. The minimum absolute atomic E-state index is 0.00673. The van der Waals surface area contributed by atoms with Crippen molar-refractivity contribution >= 4 is 86.2 Å². The van der Waals surface area contributed by atoms with Crippen LogP contribution in [0.4, 0.5) is 11.4 Å². The lowest BCUT2D eigenvalue weighted by Gasteiger charge is -2.38. The first-order valence-electron chi connectivity index (χ1n) is 15.2. The van der Waals surface area contributed by atoms with Crippen LogP contribution in [0.3, 0.4) is 0 Å². The van der Waals surface area contributed by atoms with Crippen molar-refractivity contribution in [2.75, 3.05) is 10.6 Å². The number of aromatic nitrogens is 1. The fraction of sp³-hybridized carbons (Fsp3) is 0.0500. The predicted octanol–water partition coefficient (Wildman–Crippen LogP) is 11.2.